The zero-order valence-electron chi connectivity index (χ0n) is 20.4. The molecular weight excluding hydrogens is 454 g/mol. The van der Waals surface area contributed by atoms with E-state index in [9.17, 15) is 19.2 Å². The first kappa shape index (κ1) is 26.4. The van der Waals surface area contributed by atoms with Gasteiger partial charge in [0.2, 0.25) is 11.8 Å². The summed E-state index contributed by atoms with van der Waals surface area (Å²) < 4.78 is 16.1. The Hall–Kier alpha value is -3.24. The molecule has 0 aromatic heterocycles. The molecule has 1 unspecified atom stereocenters. The number of hydrogen-bond acceptors (Lipinski definition) is 7. The van der Waals surface area contributed by atoms with Crippen LogP contribution in [-0.2, 0) is 30.3 Å². The number of carbonyl (C=O) groups is 4. The fourth-order valence-electron chi connectivity index (χ4n) is 3.85. The lowest BCUT2D eigenvalue weighted by molar-refractivity contribution is -0.136. The molecule has 2 aliphatic rings. The van der Waals surface area contributed by atoms with Gasteiger partial charge in [0, 0.05) is 25.1 Å². The molecule has 2 aliphatic heterocycles. The lowest BCUT2D eigenvalue weighted by Gasteiger charge is -2.29. The number of imide groups is 1. The fourth-order valence-corrected chi connectivity index (χ4v) is 3.85. The lowest BCUT2D eigenvalue weighted by atomic mass is 10.0. The number of hydrogen-bond donors (Lipinski definition) is 2. The highest BCUT2D eigenvalue weighted by Crippen LogP contribution is 2.30. The Morgan fingerprint density at radius 2 is 1.94 bits per heavy atom. The van der Waals surface area contributed by atoms with Gasteiger partial charge < -0.3 is 24.4 Å². The van der Waals surface area contributed by atoms with Gasteiger partial charge >= 0.3 is 6.09 Å². The van der Waals surface area contributed by atoms with Crippen molar-refractivity contribution in [1.82, 2.24) is 15.5 Å². The van der Waals surface area contributed by atoms with E-state index in [1.165, 1.54) is 4.90 Å². The first-order chi connectivity index (χ1) is 16.7. The van der Waals surface area contributed by atoms with E-state index in [1.807, 2.05) is 24.3 Å². The van der Waals surface area contributed by atoms with E-state index >= 15 is 0 Å². The molecule has 10 heteroatoms. The number of rotatable bonds is 10. The Bertz CT molecular complexity index is 984. The average Bonchev–Trinajstić information content (AvgIpc) is 3.11. The second kappa shape index (κ2) is 11.9. The van der Waals surface area contributed by atoms with Crippen LogP contribution in [0.4, 0.5) is 4.79 Å². The van der Waals surface area contributed by atoms with Crippen molar-refractivity contribution in [2.45, 2.75) is 51.8 Å². The van der Waals surface area contributed by atoms with Gasteiger partial charge in [-0.3, -0.25) is 19.7 Å². The second-order valence-electron chi connectivity index (χ2n) is 9.29. The van der Waals surface area contributed by atoms with Gasteiger partial charge in [-0.1, -0.05) is 24.3 Å². The van der Waals surface area contributed by atoms with Gasteiger partial charge in [-0.2, -0.15) is 0 Å². The fraction of sp³-hybridized carbons (Fsp3) is 0.520. The zero-order valence-corrected chi connectivity index (χ0v) is 20.4. The molecule has 0 radical (unpaired) electrons. The quantitative estimate of drug-likeness (QED) is 0.382. The summed E-state index contributed by atoms with van der Waals surface area (Å²) in [7, 11) is 0. The molecule has 10 nitrogen and oxygen atoms in total. The minimum absolute atomic E-state index is 0.195. The van der Waals surface area contributed by atoms with Crippen LogP contribution in [0.1, 0.15) is 55.1 Å². The molecular formula is C25H33N3O7. The first-order valence-corrected chi connectivity index (χ1v) is 11.7. The molecule has 35 heavy (non-hydrogen) atoms. The maximum Gasteiger partial charge on any atom is 0.407 e. The summed E-state index contributed by atoms with van der Waals surface area (Å²) in [5, 5.41) is 4.93. The number of nitrogens with zero attached hydrogens (tertiary/aromatic N) is 1. The van der Waals surface area contributed by atoms with Crippen LogP contribution in [0.5, 0.6) is 0 Å². The molecule has 4 amide bonds. The normalized spacial score (nSPS) is 18.1. The maximum atomic E-state index is 12.9. The van der Waals surface area contributed by atoms with E-state index < -0.39 is 23.6 Å². The molecule has 1 fully saturated rings. The van der Waals surface area contributed by atoms with Crippen molar-refractivity contribution in [3.63, 3.8) is 0 Å². The van der Waals surface area contributed by atoms with E-state index in [2.05, 4.69) is 10.6 Å². The summed E-state index contributed by atoms with van der Waals surface area (Å²) in [6.45, 7) is 7.59. The highest BCUT2D eigenvalue weighted by molar-refractivity contribution is 6.05. The highest BCUT2D eigenvalue weighted by Gasteiger charge is 2.39. The van der Waals surface area contributed by atoms with Crippen LogP contribution in [0.2, 0.25) is 0 Å². The number of fused-ring (bicyclic) bond motifs is 1. The third-order valence-electron chi connectivity index (χ3n) is 5.42. The van der Waals surface area contributed by atoms with Gasteiger partial charge in [-0.05, 0) is 44.4 Å². The molecule has 0 bridgehead atoms. The first-order valence-electron chi connectivity index (χ1n) is 11.7. The molecule has 1 aromatic carbocycles. The lowest BCUT2D eigenvalue weighted by Crippen LogP contribution is -2.52. The monoisotopic (exact) mass is 487 g/mol. The van der Waals surface area contributed by atoms with Crippen LogP contribution in [-0.4, -0.2) is 73.3 Å². The Morgan fingerprint density at radius 3 is 2.69 bits per heavy atom. The standard InChI is InChI=1S/C25H33N3O7/c1-25(2,3)35-24(32)26-11-13-34-15-14-33-12-5-7-17-6-4-8-18-19(17)16-28(23(18)31)20-9-10-21(29)27-22(20)30/h4-8,20H,9-16H2,1-3H3,(H,26,32)(H,27,29,30)/b7-5+. The number of carbonyl (C=O) groups excluding carboxylic acids is 4. The average molecular weight is 488 g/mol. The van der Waals surface area contributed by atoms with Crippen molar-refractivity contribution >= 4 is 29.9 Å². The molecule has 0 aliphatic carbocycles. The molecule has 1 saturated heterocycles. The van der Waals surface area contributed by atoms with Crippen LogP contribution in [0.15, 0.2) is 24.3 Å². The molecule has 3 rings (SSSR count). The van der Waals surface area contributed by atoms with Crippen LogP contribution in [0.25, 0.3) is 6.08 Å². The van der Waals surface area contributed by atoms with Crippen molar-refractivity contribution in [2.24, 2.45) is 0 Å². The van der Waals surface area contributed by atoms with Gasteiger partial charge in [0.15, 0.2) is 0 Å². The van der Waals surface area contributed by atoms with Crippen molar-refractivity contribution in [3.8, 4) is 0 Å². The summed E-state index contributed by atoms with van der Waals surface area (Å²) in [4.78, 5) is 49.6. The summed E-state index contributed by atoms with van der Waals surface area (Å²) in [6.07, 6.45) is 3.84. The zero-order chi connectivity index (χ0) is 25.4. The van der Waals surface area contributed by atoms with Crippen molar-refractivity contribution in [1.29, 1.82) is 0 Å². The third-order valence-corrected chi connectivity index (χ3v) is 5.42. The summed E-state index contributed by atoms with van der Waals surface area (Å²) in [5.41, 5.74) is 1.79. The molecule has 0 saturated carbocycles. The molecule has 1 atom stereocenters. The summed E-state index contributed by atoms with van der Waals surface area (Å²) in [5.74, 6) is -0.919. The van der Waals surface area contributed by atoms with E-state index in [-0.39, 0.29) is 18.2 Å². The summed E-state index contributed by atoms with van der Waals surface area (Å²) >= 11 is 0. The number of benzene rings is 1. The van der Waals surface area contributed by atoms with Crippen LogP contribution < -0.4 is 10.6 Å². The van der Waals surface area contributed by atoms with Gasteiger partial charge in [-0.25, -0.2) is 4.79 Å². The predicted octanol–water partition coefficient (Wildman–Crippen LogP) is 2.02. The van der Waals surface area contributed by atoms with Crippen LogP contribution >= 0.6 is 0 Å². The minimum atomic E-state index is -0.632. The van der Waals surface area contributed by atoms with E-state index in [4.69, 9.17) is 14.2 Å². The van der Waals surface area contributed by atoms with Gasteiger partial charge in [0.25, 0.3) is 5.91 Å². The second-order valence-corrected chi connectivity index (χ2v) is 9.29. The highest BCUT2D eigenvalue weighted by atomic mass is 16.6. The van der Waals surface area contributed by atoms with Crippen molar-refractivity contribution in [2.75, 3.05) is 33.0 Å². The van der Waals surface area contributed by atoms with Crippen molar-refractivity contribution < 1.29 is 33.4 Å². The van der Waals surface area contributed by atoms with Crippen molar-refractivity contribution in [3.05, 3.63) is 41.0 Å². The Kier molecular flexibility index (Phi) is 9.00. The number of amides is 4. The smallest absolute Gasteiger partial charge is 0.407 e. The van der Waals surface area contributed by atoms with E-state index in [0.29, 0.717) is 51.5 Å². The topological polar surface area (TPSA) is 123 Å². The molecule has 190 valence electrons. The van der Waals surface area contributed by atoms with Gasteiger partial charge in [0.05, 0.1) is 26.4 Å². The molecule has 2 N–H and O–H groups in total. The number of piperidine rings is 1. The summed E-state index contributed by atoms with van der Waals surface area (Å²) in [6, 6.07) is 4.85. The number of nitrogens with one attached hydrogen (secondary N) is 2. The Balaban J connectivity index is 1.37. The third kappa shape index (κ3) is 7.63. The van der Waals surface area contributed by atoms with Crippen LogP contribution in [0.3, 0.4) is 0 Å². The Morgan fingerprint density at radius 1 is 1.17 bits per heavy atom. The maximum absolute atomic E-state index is 12.9. The Labute approximate surface area is 205 Å². The molecule has 2 heterocycles. The molecule has 1 aromatic rings. The number of ether oxygens (including phenoxy) is 3. The largest absolute Gasteiger partial charge is 0.444 e. The van der Waals surface area contributed by atoms with Gasteiger partial charge in [-0.15, -0.1) is 0 Å². The van der Waals surface area contributed by atoms with Crippen LogP contribution in [0, 0.1) is 0 Å². The molecule has 0 spiro atoms. The predicted molar refractivity (Wildman–Crippen MR) is 127 cm³/mol. The minimum Gasteiger partial charge on any atom is -0.444 e. The van der Waals surface area contributed by atoms with Gasteiger partial charge in [0.1, 0.15) is 11.6 Å². The number of alkyl carbamates (subject to hydrolysis) is 1. The van der Waals surface area contributed by atoms with E-state index in [0.717, 1.165) is 11.1 Å². The van der Waals surface area contributed by atoms with E-state index in [1.54, 1.807) is 26.8 Å². The SMILES string of the molecule is CC(C)(C)OC(=O)NCCOCCOC/C=C/c1cccc2c1CN(C1CCC(=O)NC1=O)C2=O.